The molecule has 1 N–H and O–H groups in total. The molecule has 0 saturated carbocycles. The van der Waals surface area contributed by atoms with Gasteiger partial charge in [0.15, 0.2) is 0 Å². The van der Waals surface area contributed by atoms with Crippen molar-refractivity contribution in [1.82, 2.24) is 5.32 Å². The molecule has 11 heavy (non-hydrogen) atoms. The van der Waals surface area contributed by atoms with Gasteiger partial charge < -0.3 is 10.1 Å². The largest absolute Gasteiger partial charge is 0.382 e. The van der Waals surface area contributed by atoms with E-state index < -0.39 is 0 Å². The Morgan fingerprint density at radius 3 is 2.55 bits per heavy atom. The predicted molar refractivity (Wildman–Crippen MR) is 51.0 cm³/mol. The maximum Gasteiger partial charge on any atom is 0.0465 e. The normalized spacial score (nSPS) is 10.4. The van der Waals surface area contributed by atoms with Crippen molar-refractivity contribution in [1.29, 1.82) is 0 Å². The molecule has 70 valence electrons. The van der Waals surface area contributed by atoms with E-state index >= 15 is 0 Å². The van der Waals surface area contributed by atoms with Crippen LogP contribution in [0, 0.1) is 0 Å². The van der Waals surface area contributed by atoms with Crippen LogP contribution in [0.1, 0.15) is 34.0 Å². The quantitative estimate of drug-likeness (QED) is 0.550. The van der Waals surface area contributed by atoms with E-state index in [1.165, 1.54) is 25.7 Å². The highest BCUT2D eigenvalue weighted by Crippen LogP contribution is 1.98. The van der Waals surface area contributed by atoms with Gasteiger partial charge in [0.2, 0.25) is 0 Å². The molecule has 0 aromatic heterocycles. The van der Waals surface area contributed by atoms with Gasteiger partial charge in [0.05, 0.1) is 0 Å². The zero-order chi connectivity index (χ0) is 8.36. The van der Waals surface area contributed by atoms with Crippen LogP contribution in [-0.4, -0.2) is 26.8 Å². The smallest absolute Gasteiger partial charge is 0.0465 e. The Balaban J connectivity index is 0. The third-order valence-electron chi connectivity index (χ3n) is 1.67. The Labute approximate surface area is 71.8 Å². The van der Waals surface area contributed by atoms with Crippen LogP contribution in [0.25, 0.3) is 0 Å². The van der Waals surface area contributed by atoms with E-state index in [2.05, 4.69) is 5.32 Å². The molecule has 0 aliphatic heterocycles. The number of rotatable bonds is 8. The number of ether oxygens (including phenoxy) is 1. The van der Waals surface area contributed by atoms with Crippen molar-refractivity contribution in [2.75, 3.05) is 26.8 Å². The predicted octanol–water partition coefficient (Wildman–Crippen LogP) is 2.05. The topological polar surface area (TPSA) is 21.3 Å². The van der Waals surface area contributed by atoms with Crippen LogP contribution in [0.15, 0.2) is 0 Å². The Bertz CT molecular complexity index is 63.5. The maximum atomic E-state index is 5.22. The highest BCUT2D eigenvalue weighted by molar-refractivity contribution is 4.44. The summed E-state index contributed by atoms with van der Waals surface area (Å²) in [6.07, 6.45) is 5.15. The first-order valence-corrected chi connectivity index (χ1v) is 4.64. The fraction of sp³-hybridized carbons (Fsp3) is 1.00. The first-order chi connectivity index (χ1) is 5.41. The van der Waals surface area contributed by atoms with E-state index in [9.17, 15) is 0 Å². The molecule has 0 unspecified atom stereocenters. The van der Waals surface area contributed by atoms with E-state index in [-0.39, 0.29) is 1.43 Å². The van der Waals surface area contributed by atoms with Crippen molar-refractivity contribution in [3.05, 3.63) is 0 Å². The summed E-state index contributed by atoms with van der Waals surface area (Å²) in [5.74, 6) is 0. The highest BCUT2D eigenvalue weighted by Gasteiger charge is 1.88. The van der Waals surface area contributed by atoms with E-state index in [4.69, 9.17) is 4.74 Å². The third kappa shape index (κ3) is 9.92. The zero-order valence-corrected chi connectivity index (χ0v) is 7.86. The van der Waals surface area contributed by atoms with Gasteiger partial charge in [-0.3, -0.25) is 0 Å². The Morgan fingerprint density at radius 1 is 1.18 bits per heavy atom. The first kappa shape index (κ1) is 10.9. The molecule has 2 heteroatoms. The molecule has 2 nitrogen and oxygen atoms in total. The summed E-state index contributed by atoms with van der Waals surface area (Å²) in [4.78, 5) is 0. The van der Waals surface area contributed by atoms with Crippen LogP contribution in [0.2, 0.25) is 0 Å². The zero-order valence-electron chi connectivity index (χ0n) is 7.86. The second-order valence-corrected chi connectivity index (χ2v) is 2.71. The van der Waals surface area contributed by atoms with Crippen molar-refractivity contribution in [3.63, 3.8) is 0 Å². The molecule has 0 aliphatic rings. The van der Waals surface area contributed by atoms with E-state index in [0.717, 1.165) is 19.8 Å². The summed E-state index contributed by atoms with van der Waals surface area (Å²) in [6.45, 7) is 4.99. The van der Waals surface area contributed by atoms with Gasteiger partial charge in [-0.25, -0.2) is 0 Å². The van der Waals surface area contributed by atoms with Crippen LogP contribution < -0.4 is 5.32 Å². The molecule has 0 saturated heterocycles. The molecule has 0 radical (unpaired) electrons. The molecule has 0 aliphatic carbocycles. The van der Waals surface area contributed by atoms with Crippen LogP contribution in [-0.2, 0) is 4.74 Å². The first-order valence-electron chi connectivity index (χ1n) is 4.64. The SMILES string of the molecule is CCOCCCCCCNC.[HH]. The Hall–Kier alpha value is -0.0800. The molecular weight excluding hydrogens is 138 g/mol. The number of unbranched alkanes of at least 4 members (excludes halogenated alkanes) is 3. The minimum atomic E-state index is 0. The Morgan fingerprint density at radius 2 is 1.91 bits per heavy atom. The molecule has 0 aromatic carbocycles. The summed E-state index contributed by atoms with van der Waals surface area (Å²) in [7, 11) is 2.00. The lowest BCUT2D eigenvalue weighted by atomic mass is 10.2. The average molecular weight is 161 g/mol. The van der Waals surface area contributed by atoms with Crippen molar-refractivity contribution < 1.29 is 6.16 Å². The van der Waals surface area contributed by atoms with Crippen molar-refractivity contribution in [2.45, 2.75) is 32.6 Å². The lowest BCUT2D eigenvalue weighted by Crippen LogP contribution is -2.07. The van der Waals surface area contributed by atoms with Crippen LogP contribution in [0.4, 0.5) is 0 Å². The third-order valence-corrected chi connectivity index (χ3v) is 1.67. The standard InChI is InChI=1S/C9H21NO.H2/c1-3-11-9-7-5-4-6-8-10-2;/h10H,3-9H2,1-2H3;1H. The van der Waals surface area contributed by atoms with Gasteiger partial charge in [0.25, 0.3) is 0 Å². The lowest BCUT2D eigenvalue weighted by molar-refractivity contribution is 0.143. The fourth-order valence-electron chi connectivity index (χ4n) is 1.00. The van der Waals surface area contributed by atoms with Crippen LogP contribution >= 0.6 is 0 Å². The van der Waals surface area contributed by atoms with Crippen LogP contribution in [0.3, 0.4) is 0 Å². The molecule has 0 atom stereocenters. The maximum absolute atomic E-state index is 5.22. The number of nitrogens with one attached hydrogen (secondary N) is 1. The monoisotopic (exact) mass is 161 g/mol. The van der Waals surface area contributed by atoms with E-state index in [1.54, 1.807) is 0 Å². The average Bonchev–Trinajstić information content (AvgIpc) is 2.03. The van der Waals surface area contributed by atoms with Crippen molar-refractivity contribution in [2.24, 2.45) is 0 Å². The van der Waals surface area contributed by atoms with Gasteiger partial charge in [-0.05, 0) is 33.4 Å². The molecule has 0 rings (SSSR count). The molecule has 0 fully saturated rings. The lowest BCUT2D eigenvalue weighted by Gasteiger charge is -2.00. The molecule has 0 bridgehead atoms. The molecule has 0 amide bonds. The number of hydrogen-bond donors (Lipinski definition) is 1. The minimum absolute atomic E-state index is 0. The van der Waals surface area contributed by atoms with E-state index in [0.29, 0.717) is 0 Å². The molecular formula is C9H23NO. The van der Waals surface area contributed by atoms with Crippen LogP contribution in [0.5, 0.6) is 0 Å². The summed E-state index contributed by atoms with van der Waals surface area (Å²) >= 11 is 0. The molecule has 0 spiro atoms. The minimum Gasteiger partial charge on any atom is -0.382 e. The van der Waals surface area contributed by atoms with E-state index in [1.807, 2.05) is 14.0 Å². The number of hydrogen-bond acceptors (Lipinski definition) is 2. The van der Waals surface area contributed by atoms with Gasteiger partial charge in [-0.1, -0.05) is 12.8 Å². The highest BCUT2D eigenvalue weighted by atomic mass is 16.5. The molecule has 0 aromatic rings. The second kappa shape index (κ2) is 9.92. The molecule has 0 heterocycles. The summed E-state index contributed by atoms with van der Waals surface area (Å²) in [5, 5.41) is 3.14. The Kier molecular flexibility index (Phi) is 9.85. The fourth-order valence-corrected chi connectivity index (χ4v) is 1.00. The van der Waals surface area contributed by atoms with Gasteiger partial charge in [0.1, 0.15) is 0 Å². The van der Waals surface area contributed by atoms with Gasteiger partial charge >= 0.3 is 0 Å². The second-order valence-electron chi connectivity index (χ2n) is 2.71. The van der Waals surface area contributed by atoms with Gasteiger partial charge in [-0.15, -0.1) is 0 Å². The van der Waals surface area contributed by atoms with Gasteiger partial charge in [0, 0.05) is 14.6 Å². The van der Waals surface area contributed by atoms with Crippen molar-refractivity contribution >= 4 is 0 Å². The summed E-state index contributed by atoms with van der Waals surface area (Å²) in [6, 6.07) is 0. The summed E-state index contributed by atoms with van der Waals surface area (Å²) < 4.78 is 5.22. The van der Waals surface area contributed by atoms with Crippen molar-refractivity contribution in [3.8, 4) is 0 Å². The summed E-state index contributed by atoms with van der Waals surface area (Å²) in [5.41, 5.74) is 0. The van der Waals surface area contributed by atoms with Gasteiger partial charge in [-0.2, -0.15) is 0 Å².